The summed E-state index contributed by atoms with van der Waals surface area (Å²) in [5.74, 6) is -1.05. The molecule has 33 heavy (non-hydrogen) atoms. The van der Waals surface area contributed by atoms with Gasteiger partial charge in [0.2, 0.25) is 0 Å². The molecule has 0 aliphatic carbocycles. The summed E-state index contributed by atoms with van der Waals surface area (Å²) in [4.78, 5) is 42.2. The molecule has 0 N–H and O–H groups in total. The first-order valence-corrected chi connectivity index (χ1v) is 10.8. The minimum Gasteiger partial charge on any atom is -0.463 e. The Bertz CT molecular complexity index is 751. The van der Waals surface area contributed by atoms with Gasteiger partial charge < -0.3 is 23.7 Å². The standard InChI is InChI=1S/C20H33N3O7.CO2/c1-9-10(2)17(22-23-21)20(29-16(9)8-26-14(6)24)30-19-13(5)27-12(4)11(3)18(19)28-15(7)25;2-1-3/h9-13,16-20H,8H2,1-7H3;/t9-,10-,11?,12-,13?,16?,17?,18-,19+,20-;/m0./s1. The Hall–Kier alpha value is -2.49. The molecule has 12 heteroatoms. The molecule has 10 atom stereocenters. The topological polar surface area (TPSA) is 163 Å². The van der Waals surface area contributed by atoms with E-state index in [-0.39, 0.29) is 42.7 Å². The Morgan fingerprint density at radius 2 is 1.55 bits per heavy atom. The molecule has 0 spiro atoms. The van der Waals surface area contributed by atoms with Crippen LogP contribution in [0.25, 0.3) is 10.4 Å². The van der Waals surface area contributed by atoms with E-state index >= 15 is 0 Å². The Morgan fingerprint density at radius 3 is 2.06 bits per heavy atom. The van der Waals surface area contributed by atoms with Gasteiger partial charge in [0.1, 0.15) is 18.8 Å². The highest BCUT2D eigenvalue weighted by molar-refractivity contribution is 5.66. The molecule has 4 unspecified atom stereocenters. The van der Waals surface area contributed by atoms with E-state index < -0.39 is 42.6 Å². The Labute approximate surface area is 192 Å². The van der Waals surface area contributed by atoms with E-state index in [9.17, 15) is 9.59 Å². The number of carbonyl (C=O) groups is 2. The van der Waals surface area contributed by atoms with Crippen LogP contribution in [-0.4, -0.2) is 67.5 Å². The molecule has 0 amide bonds. The molecule has 0 aromatic heterocycles. The maximum Gasteiger partial charge on any atom is 0.373 e. The zero-order valence-corrected chi connectivity index (χ0v) is 20.0. The summed E-state index contributed by atoms with van der Waals surface area (Å²) in [5.41, 5.74) is 9.07. The van der Waals surface area contributed by atoms with E-state index in [0.29, 0.717) is 0 Å². The number of carbonyl (C=O) groups excluding carboxylic acids is 4. The zero-order chi connectivity index (χ0) is 25.3. The minimum absolute atomic E-state index is 0.0389. The summed E-state index contributed by atoms with van der Waals surface area (Å²) < 4.78 is 29.0. The SMILES string of the molecule is CC(=O)OCC1O[C@@H](O[C@@H]2C(C)O[C@@H](C)C(C)[C@@H]2OC(C)=O)C(N=[N+]=[N-])[C@@H](C)[C@@H]1C.O=C=O. The first-order chi connectivity index (χ1) is 15.5. The fraction of sp³-hybridized carbons (Fsp3) is 0.857. The second-order valence-corrected chi connectivity index (χ2v) is 8.42. The summed E-state index contributed by atoms with van der Waals surface area (Å²) >= 11 is 0. The molecule has 0 bridgehead atoms. The third-order valence-electron chi connectivity index (χ3n) is 6.25. The summed E-state index contributed by atoms with van der Waals surface area (Å²) in [7, 11) is 0. The average Bonchev–Trinajstić information content (AvgIpc) is 2.73. The zero-order valence-electron chi connectivity index (χ0n) is 20.0. The third kappa shape index (κ3) is 7.80. The van der Waals surface area contributed by atoms with Crippen LogP contribution in [0.1, 0.15) is 48.5 Å². The van der Waals surface area contributed by atoms with Crippen LogP contribution in [0, 0.1) is 17.8 Å². The second-order valence-electron chi connectivity index (χ2n) is 8.42. The molecule has 0 aromatic rings. The highest BCUT2D eigenvalue weighted by atomic mass is 16.7. The fourth-order valence-corrected chi connectivity index (χ4v) is 4.08. The molecule has 2 rings (SSSR count). The number of rotatable bonds is 6. The molecule has 0 saturated carbocycles. The smallest absolute Gasteiger partial charge is 0.373 e. The van der Waals surface area contributed by atoms with E-state index in [1.807, 2.05) is 34.6 Å². The largest absolute Gasteiger partial charge is 0.463 e. The lowest BCUT2D eigenvalue weighted by atomic mass is 9.82. The molecule has 0 radical (unpaired) electrons. The van der Waals surface area contributed by atoms with Crippen molar-refractivity contribution in [2.75, 3.05) is 6.61 Å². The number of hydrogen-bond donors (Lipinski definition) is 0. The number of nitrogens with zero attached hydrogens (tertiary/aromatic N) is 3. The van der Waals surface area contributed by atoms with Crippen LogP contribution in [-0.2, 0) is 42.9 Å². The number of ether oxygens (including phenoxy) is 5. The Kier molecular flexibility index (Phi) is 11.5. The molecule has 2 aliphatic heterocycles. The summed E-state index contributed by atoms with van der Waals surface area (Å²) in [6, 6.07) is -0.599. The normalized spacial score (nSPS) is 37.9. The number of azide groups is 1. The van der Waals surface area contributed by atoms with Gasteiger partial charge in [-0.05, 0) is 31.2 Å². The van der Waals surface area contributed by atoms with Crippen molar-refractivity contribution in [3.05, 3.63) is 10.4 Å². The predicted octanol–water partition coefficient (Wildman–Crippen LogP) is 2.40. The molecule has 2 saturated heterocycles. The second kappa shape index (κ2) is 13.3. The highest BCUT2D eigenvalue weighted by Gasteiger charge is 2.48. The molecule has 186 valence electrons. The van der Waals surface area contributed by atoms with E-state index in [1.165, 1.54) is 13.8 Å². The first kappa shape index (κ1) is 28.5. The molecule has 2 aliphatic rings. The van der Waals surface area contributed by atoms with Crippen molar-refractivity contribution < 1.29 is 42.9 Å². The van der Waals surface area contributed by atoms with Crippen molar-refractivity contribution in [1.29, 1.82) is 0 Å². The Balaban J connectivity index is 0.00000172. The average molecular weight is 472 g/mol. The van der Waals surface area contributed by atoms with E-state index in [2.05, 4.69) is 10.0 Å². The van der Waals surface area contributed by atoms with Gasteiger partial charge in [0.05, 0.1) is 24.4 Å². The van der Waals surface area contributed by atoms with Crippen molar-refractivity contribution in [2.24, 2.45) is 22.9 Å². The van der Waals surface area contributed by atoms with Gasteiger partial charge in [-0.2, -0.15) is 9.59 Å². The molecule has 2 heterocycles. The molecule has 2 fully saturated rings. The van der Waals surface area contributed by atoms with Crippen LogP contribution in [0.2, 0.25) is 0 Å². The fourth-order valence-electron chi connectivity index (χ4n) is 4.08. The lowest BCUT2D eigenvalue weighted by molar-refractivity contribution is -0.299. The van der Waals surface area contributed by atoms with Crippen LogP contribution < -0.4 is 0 Å². The maximum absolute atomic E-state index is 11.7. The Morgan fingerprint density at radius 1 is 0.939 bits per heavy atom. The first-order valence-electron chi connectivity index (χ1n) is 10.8. The molecule has 0 aromatic carbocycles. The van der Waals surface area contributed by atoms with Crippen molar-refractivity contribution >= 4 is 18.1 Å². The third-order valence-corrected chi connectivity index (χ3v) is 6.25. The summed E-state index contributed by atoms with van der Waals surface area (Å²) in [5, 5.41) is 3.91. The van der Waals surface area contributed by atoms with Crippen LogP contribution >= 0.6 is 0 Å². The van der Waals surface area contributed by atoms with E-state index in [1.54, 1.807) is 0 Å². The monoisotopic (exact) mass is 471 g/mol. The van der Waals surface area contributed by atoms with Crippen LogP contribution in [0.5, 0.6) is 0 Å². The summed E-state index contributed by atoms with van der Waals surface area (Å²) in [6.07, 6.45) is -2.74. The van der Waals surface area contributed by atoms with Gasteiger partial charge in [0.25, 0.3) is 0 Å². The van der Waals surface area contributed by atoms with E-state index in [4.69, 9.17) is 38.8 Å². The van der Waals surface area contributed by atoms with Gasteiger partial charge in [-0.15, -0.1) is 0 Å². The van der Waals surface area contributed by atoms with Gasteiger partial charge in [-0.1, -0.05) is 25.9 Å². The van der Waals surface area contributed by atoms with Crippen LogP contribution in [0.4, 0.5) is 0 Å². The van der Waals surface area contributed by atoms with Crippen molar-refractivity contribution in [3.63, 3.8) is 0 Å². The predicted molar refractivity (Wildman–Crippen MR) is 111 cm³/mol. The van der Waals surface area contributed by atoms with Gasteiger partial charge in [0.15, 0.2) is 6.29 Å². The molecular weight excluding hydrogens is 438 g/mol. The lowest BCUT2D eigenvalue weighted by Crippen LogP contribution is -2.59. The van der Waals surface area contributed by atoms with Gasteiger partial charge in [0, 0.05) is 24.7 Å². The van der Waals surface area contributed by atoms with Gasteiger partial charge >= 0.3 is 18.1 Å². The van der Waals surface area contributed by atoms with Gasteiger partial charge in [-0.25, -0.2) is 0 Å². The lowest BCUT2D eigenvalue weighted by Gasteiger charge is -2.47. The van der Waals surface area contributed by atoms with Crippen molar-refractivity contribution in [2.45, 2.75) is 91.3 Å². The summed E-state index contributed by atoms with van der Waals surface area (Å²) in [6.45, 7) is 12.4. The van der Waals surface area contributed by atoms with Gasteiger partial charge in [-0.3, -0.25) is 9.59 Å². The van der Waals surface area contributed by atoms with E-state index in [0.717, 1.165) is 0 Å². The maximum atomic E-state index is 11.7. The molecular formula is C21H33N3O9. The van der Waals surface area contributed by atoms with Crippen molar-refractivity contribution in [3.8, 4) is 0 Å². The highest BCUT2D eigenvalue weighted by Crippen LogP contribution is 2.37. The number of esters is 2. The van der Waals surface area contributed by atoms with Crippen LogP contribution in [0.3, 0.4) is 0 Å². The number of hydrogen-bond acceptors (Lipinski definition) is 10. The minimum atomic E-state index is -0.901. The quantitative estimate of drug-likeness (QED) is 0.245. The van der Waals surface area contributed by atoms with Crippen LogP contribution in [0.15, 0.2) is 5.11 Å². The van der Waals surface area contributed by atoms with Crippen molar-refractivity contribution in [1.82, 2.24) is 0 Å². The molecule has 12 nitrogen and oxygen atoms in total.